The molecule has 2 aliphatic heterocycles. The van der Waals surface area contributed by atoms with Gasteiger partial charge in [-0.25, -0.2) is 19.8 Å². The number of piperidine rings is 1. The van der Waals surface area contributed by atoms with Gasteiger partial charge in [0.15, 0.2) is 0 Å². The molecule has 40 heavy (non-hydrogen) atoms. The van der Waals surface area contributed by atoms with Crippen LogP contribution in [-0.4, -0.2) is 62.3 Å². The lowest BCUT2D eigenvalue weighted by Crippen LogP contribution is -2.48. The zero-order valence-electron chi connectivity index (χ0n) is 22.2. The highest BCUT2D eigenvalue weighted by Crippen LogP contribution is 2.33. The molecule has 11 heteroatoms. The fraction of sp³-hybridized carbons (Fsp3) is 0.276. The summed E-state index contributed by atoms with van der Waals surface area (Å²) in [7, 11) is 0. The van der Waals surface area contributed by atoms with Crippen LogP contribution in [0.5, 0.6) is 11.5 Å². The summed E-state index contributed by atoms with van der Waals surface area (Å²) < 4.78 is 12.2. The van der Waals surface area contributed by atoms with Gasteiger partial charge in [-0.15, -0.1) is 0 Å². The second kappa shape index (κ2) is 10.3. The predicted octanol–water partition coefficient (Wildman–Crippen LogP) is 5.49. The Hall–Kier alpha value is -4.93. The molecular weight excluding hydrogens is 510 g/mol. The van der Waals surface area contributed by atoms with E-state index in [1.54, 1.807) is 6.20 Å². The third-order valence-corrected chi connectivity index (χ3v) is 7.21. The van der Waals surface area contributed by atoms with E-state index in [1.165, 1.54) is 11.2 Å². The number of aliphatic imine (C=N–C) groups is 1. The van der Waals surface area contributed by atoms with Gasteiger partial charge in [-0.3, -0.25) is 4.98 Å². The van der Waals surface area contributed by atoms with E-state index in [0.717, 1.165) is 39.3 Å². The van der Waals surface area contributed by atoms with Gasteiger partial charge in [-0.1, -0.05) is 0 Å². The van der Waals surface area contributed by atoms with Gasteiger partial charge in [0.25, 0.3) is 6.02 Å². The number of hydrogen-bond donors (Lipinski definition) is 3. The second-order valence-corrected chi connectivity index (χ2v) is 10.1. The number of anilines is 3. The highest BCUT2D eigenvalue weighted by Gasteiger charge is 2.42. The molecule has 0 bridgehead atoms. The maximum absolute atomic E-state index is 11.2. The van der Waals surface area contributed by atoms with Crippen molar-refractivity contribution < 1.29 is 19.4 Å². The van der Waals surface area contributed by atoms with Crippen LogP contribution in [0.1, 0.15) is 24.1 Å². The Balaban J connectivity index is 1.15. The topological polar surface area (TPSA) is 134 Å². The number of ether oxygens (including phenoxy) is 2. The number of amides is 1. The predicted molar refractivity (Wildman–Crippen MR) is 152 cm³/mol. The van der Waals surface area contributed by atoms with Gasteiger partial charge in [-0.2, -0.15) is 0 Å². The van der Waals surface area contributed by atoms with Crippen LogP contribution in [-0.2, 0) is 4.74 Å². The summed E-state index contributed by atoms with van der Waals surface area (Å²) in [5, 5.41) is 16.7. The minimum atomic E-state index is -0.894. The second-order valence-electron chi connectivity index (χ2n) is 10.1. The van der Waals surface area contributed by atoms with E-state index in [-0.39, 0.29) is 0 Å². The molecule has 11 nitrogen and oxygen atoms in total. The molecular formula is C29H29N7O4. The number of aryl methyl sites for hydroxylation is 2. The summed E-state index contributed by atoms with van der Waals surface area (Å²) in [5.74, 6) is 2.10. The number of pyridine rings is 1. The van der Waals surface area contributed by atoms with Crippen molar-refractivity contribution in [3.63, 3.8) is 0 Å². The van der Waals surface area contributed by atoms with Crippen molar-refractivity contribution in [2.24, 2.45) is 4.99 Å². The first-order chi connectivity index (χ1) is 19.4. The molecule has 0 unspecified atom stereocenters. The van der Waals surface area contributed by atoms with Gasteiger partial charge >= 0.3 is 6.09 Å². The number of aromatic nitrogens is 3. The number of rotatable bonds is 5. The van der Waals surface area contributed by atoms with E-state index in [4.69, 9.17) is 9.47 Å². The number of likely N-dealkylation sites (tertiary alicyclic amines) is 1. The maximum atomic E-state index is 11.2. The van der Waals surface area contributed by atoms with Gasteiger partial charge in [0.2, 0.25) is 0 Å². The van der Waals surface area contributed by atoms with Gasteiger partial charge < -0.3 is 30.1 Å². The molecule has 1 fully saturated rings. The minimum absolute atomic E-state index is 0.435. The Morgan fingerprint density at radius 1 is 1.00 bits per heavy atom. The van der Waals surface area contributed by atoms with Crippen LogP contribution in [0.25, 0.3) is 10.9 Å². The van der Waals surface area contributed by atoms with Crippen molar-refractivity contribution in [3.05, 3.63) is 72.3 Å². The molecule has 4 aromatic rings. The maximum Gasteiger partial charge on any atom is 0.407 e. The number of benzene rings is 2. The Morgan fingerprint density at radius 2 is 1.80 bits per heavy atom. The summed E-state index contributed by atoms with van der Waals surface area (Å²) in [6.07, 6.45) is 3.57. The van der Waals surface area contributed by atoms with Crippen LogP contribution in [0, 0.1) is 13.8 Å². The van der Waals surface area contributed by atoms with E-state index in [0.29, 0.717) is 50.1 Å². The van der Waals surface area contributed by atoms with Crippen LogP contribution < -0.4 is 15.4 Å². The molecule has 0 saturated carbocycles. The fourth-order valence-electron chi connectivity index (χ4n) is 4.89. The smallest absolute Gasteiger partial charge is 0.407 e. The van der Waals surface area contributed by atoms with Crippen LogP contribution in [0.15, 0.2) is 66.0 Å². The van der Waals surface area contributed by atoms with E-state index in [1.807, 2.05) is 62.4 Å². The van der Waals surface area contributed by atoms with Crippen molar-refractivity contribution >= 4 is 40.2 Å². The van der Waals surface area contributed by atoms with Gasteiger partial charge in [0, 0.05) is 48.4 Å². The molecule has 1 saturated heterocycles. The summed E-state index contributed by atoms with van der Waals surface area (Å²) in [6, 6.07) is 15.9. The minimum Gasteiger partial charge on any atom is -0.465 e. The van der Waals surface area contributed by atoms with Gasteiger partial charge in [0.1, 0.15) is 29.2 Å². The average molecular weight is 540 g/mol. The SMILES string of the molecule is Cc1ccc(Oc2ccc(Nc3ncnc4ccc(NC5=NCC6(CCN(C(=O)O)CC6)O5)cc34)cc2C)cn1. The molecule has 0 aliphatic carbocycles. The average Bonchev–Trinajstić information content (AvgIpc) is 3.33. The molecule has 6 rings (SSSR count). The van der Waals surface area contributed by atoms with Crippen LogP contribution in [0.3, 0.4) is 0 Å². The molecule has 0 atom stereocenters. The van der Waals surface area contributed by atoms with Crippen LogP contribution >= 0.6 is 0 Å². The van der Waals surface area contributed by atoms with Crippen molar-refractivity contribution in [1.29, 1.82) is 0 Å². The number of carbonyl (C=O) groups is 1. The fourth-order valence-corrected chi connectivity index (χ4v) is 4.89. The zero-order chi connectivity index (χ0) is 27.7. The van der Waals surface area contributed by atoms with Crippen molar-refractivity contribution in [2.75, 3.05) is 30.3 Å². The van der Waals surface area contributed by atoms with Gasteiger partial charge in [-0.05, 0) is 67.9 Å². The summed E-state index contributed by atoms with van der Waals surface area (Å²) in [6.45, 7) is 5.31. The normalized spacial score (nSPS) is 15.9. The lowest BCUT2D eigenvalue weighted by Gasteiger charge is -2.36. The largest absolute Gasteiger partial charge is 0.465 e. The Bertz CT molecular complexity index is 1600. The quantitative estimate of drug-likeness (QED) is 0.301. The molecule has 204 valence electrons. The number of hydrogen-bond acceptors (Lipinski definition) is 9. The standard InChI is InChI=1S/C29H29N7O4/c1-18-13-20(5-8-25(18)39-22-6-3-19(2)30-15-22)34-26-23-14-21(4-7-24(23)32-17-33-26)35-27-31-16-29(40-27)9-11-36(12-10-29)28(37)38/h3-8,13-15,17H,9-12,16H2,1-2H3,(H,31,35)(H,37,38)(H,32,33,34). The molecule has 0 radical (unpaired) electrons. The number of carboxylic acid groups (broad SMARTS) is 1. The molecule has 2 aromatic heterocycles. The monoisotopic (exact) mass is 539 g/mol. The first-order valence-corrected chi connectivity index (χ1v) is 13.1. The van der Waals surface area contributed by atoms with E-state index < -0.39 is 11.7 Å². The van der Waals surface area contributed by atoms with Crippen LogP contribution in [0.4, 0.5) is 22.0 Å². The molecule has 3 N–H and O–H groups in total. The summed E-state index contributed by atoms with van der Waals surface area (Å²) >= 11 is 0. The number of fused-ring (bicyclic) bond motifs is 1. The van der Waals surface area contributed by atoms with Gasteiger partial charge in [0.05, 0.1) is 18.3 Å². The molecule has 1 amide bonds. The lowest BCUT2D eigenvalue weighted by molar-refractivity contribution is 0.0180. The Kier molecular flexibility index (Phi) is 6.54. The highest BCUT2D eigenvalue weighted by molar-refractivity contribution is 5.97. The Labute approximate surface area is 230 Å². The first kappa shape index (κ1) is 25.4. The summed E-state index contributed by atoms with van der Waals surface area (Å²) in [5.41, 5.74) is 3.89. The first-order valence-electron chi connectivity index (χ1n) is 13.1. The number of nitrogens with zero attached hydrogens (tertiary/aromatic N) is 5. The molecule has 4 heterocycles. The number of amidine groups is 1. The third kappa shape index (κ3) is 5.31. The third-order valence-electron chi connectivity index (χ3n) is 7.21. The molecule has 2 aromatic carbocycles. The van der Waals surface area contributed by atoms with E-state index in [2.05, 4.69) is 30.6 Å². The highest BCUT2D eigenvalue weighted by atomic mass is 16.5. The molecule has 2 aliphatic rings. The van der Waals surface area contributed by atoms with Crippen molar-refractivity contribution in [1.82, 2.24) is 19.9 Å². The van der Waals surface area contributed by atoms with Crippen molar-refractivity contribution in [3.8, 4) is 11.5 Å². The van der Waals surface area contributed by atoms with E-state index >= 15 is 0 Å². The zero-order valence-corrected chi connectivity index (χ0v) is 22.2. The van der Waals surface area contributed by atoms with E-state index in [9.17, 15) is 9.90 Å². The molecule has 1 spiro atoms. The van der Waals surface area contributed by atoms with Crippen molar-refractivity contribution in [2.45, 2.75) is 32.3 Å². The Morgan fingerprint density at radius 3 is 2.55 bits per heavy atom. The number of nitrogens with one attached hydrogen (secondary N) is 2. The summed E-state index contributed by atoms with van der Waals surface area (Å²) in [4.78, 5) is 30.4. The van der Waals surface area contributed by atoms with Crippen LogP contribution in [0.2, 0.25) is 0 Å². The lowest BCUT2D eigenvalue weighted by atomic mass is 9.92.